The zero-order valence-corrected chi connectivity index (χ0v) is 12.4. The zero-order chi connectivity index (χ0) is 10.9. The van der Waals surface area contributed by atoms with Crippen molar-refractivity contribution in [3.05, 3.63) is 19.2 Å². The molecule has 0 aliphatic rings. The summed E-state index contributed by atoms with van der Waals surface area (Å²) >= 11 is 8.44. The van der Waals surface area contributed by atoms with E-state index in [-0.39, 0.29) is 12.0 Å². The van der Waals surface area contributed by atoms with Gasteiger partial charge >= 0.3 is 0 Å². The number of aliphatic hydroxyl groups is 1. The van der Waals surface area contributed by atoms with Crippen molar-refractivity contribution in [2.24, 2.45) is 11.8 Å². The minimum absolute atomic E-state index is 0.285. The molecule has 1 nitrogen and oxygen atoms in total. The van der Waals surface area contributed by atoms with Crippen LogP contribution in [0.5, 0.6) is 0 Å². The fraction of sp³-hybridized carbons (Fsp3) is 0.600. The highest BCUT2D eigenvalue weighted by atomic mass is 79.9. The van der Waals surface area contributed by atoms with Crippen LogP contribution in [0.25, 0.3) is 0 Å². The molecule has 0 bridgehead atoms. The van der Waals surface area contributed by atoms with Gasteiger partial charge in [0.15, 0.2) is 0 Å². The summed E-state index contributed by atoms with van der Waals surface area (Å²) in [5.41, 5.74) is 0. The summed E-state index contributed by atoms with van der Waals surface area (Å²) in [6.07, 6.45) is -0.359. The molecule has 0 amide bonds. The largest absolute Gasteiger partial charge is 0.387 e. The first-order valence-corrected chi connectivity index (χ1v) is 6.96. The topological polar surface area (TPSA) is 20.2 Å². The van der Waals surface area contributed by atoms with Crippen LogP contribution >= 0.6 is 43.2 Å². The monoisotopic (exact) mass is 340 g/mol. The van der Waals surface area contributed by atoms with Crippen molar-refractivity contribution in [3.63, 3.8) is 0 Å². The van der Waals surface area contributed by atoms with Gasteiger partial charge < -0.3 is 5.11 Å². The molecule has 2 atom stereocenters. The van der Waals surface area contributed by atoms with E-state index in [4.69, 9.17) is 0 Å². The Hall–Kier alpha value is 0.620. The Morgan fingerprint density at radius 2 is 1.86 bits per heavy atom. The third-order valence-corrected chi connectivity index (χ3v) is 5.83. The van der Waals surface area contributed by atoms with E-state index in [0.717, 1.165) is 13.1 Å². The molecule has 1 rings (SSSR count). The molecule has 14 heavy (non-hydrogen) atoms. The summed E-state index contributed by atoms with van der Waals surface area (Å²) in [4.78, 5) is 1.02. The quantitative estimate of drug-likeness (QED) is 0.851. The Bertz CT molecular complexity index is 290. The van der Waals surface area contributed by atoms with E-state index in [1.165, 1.54) is 0 Å². The maximum atomic E-state index is 10.1. The van der Waals surface area contributed by atoms with Gasteiger partial charge in [-0.25, -0.2) is 0 Å². The van der Waals surface area contributed by atoms with E-state index >= 15 is 0 Å². The lowest BCUT2D eigenvalue weighted by Gasteiger charge is -2.20. The molecule has 80 valence electrons. The molecule has 1 aromatic rings. The molecule has 1 heterocycles. The smallest absolute Gasteiger partial charge is 0.0910 e. The van der Waals surface area contributed by atoms with E-state index in [1.807, 2.05) is 6.07 Å². The summed E-state index contributed by atoms with van der Waals surface area (Å²) in [7, 11) is 0. The molecule has 4 heteroatoms. The summed E-state index contributed by atoms with van der Waals surface area (Å²) in [5.74, 6) is 0.775. The summed E-state index contributed by atoms with van der Waals surface area (Å²) in [5, 5.41) is 10.1. The number of thiophene rings is 1. The van der Waals surface area contributed by atoms with Gasteiger partial charge in [0.2, 0.25) is 0 Å². The van der Waals surface area contributed by atoms with E-state index in [1.54, 1.807) is 11.3 Å². The van der Waals surface area contributed by atoms with Crippen LogP contribution in [-0.4, -0.2) is 5.11 Å². The molecular formula is C10H14Br2OS. The average molecular weight is 342 g/mol. The van der Waals surface area contributed by atoms with Crippen LogP contribution in [0.4, 0.5) is 0 Å². The maximum Gasteiger partial charge on any atom is 0.0910 e. The van der Waals surface area contributed by atoms with Gasteiger partial charge in [-0.05, 0) is 49.8 Å². The Balaban J connectivity index is 2.83. The molecule has 0 saturated heterocycles. The first-order valence-electron chi connectivity index (χ1n) is 4.56. The highest BCUT2D eigenvalue weighted by Gasteiger charge is 2.21. The predicted molar refractivity (Wildman–Crippen MR) is 68.7 cm³/mol. The van der Waals surface area contributed by atoms with Crippen LogP contribution in [0.3, 0.4) is 0 Å². The fourth-order valence-electron chi connectivity index (χ4n) is 1.13. The summed E-state index contributed by atoms with van der Waals surface area (Å²) < 4.78 is 2.06. The zero-order valence-electron chi connectivity index (χ0n) is 8.42. The van der Waals surface area contributed by atoms with Gasteiger partial charge in [-0.15, -0.1) is 11.3 Å². The second kappa shape index (κ2) is 5.10. The fourth-order valence-corrected chi connectivity index (χ4v) is 3.32. The number of hydrogen-bond donors (Lipinski definition) is 1. The van der Waals surface area contributed by atoms with Crippen LogP contribution in [0.15, 0.2) is 14.3 Å². The molecule has 2 unspecified atom stereocenters. The number of hydrogen-bond acceptors (Lipinski definition) is 2. The van der Waals surface area contributed by atoms with Gasteiger partial charge in [0.25, 0.3) is 0 Å². The van der Waals surface area contributed by atoms with Crippen molar-refractivity contribution in [1.82, 2.24) is 0 Å². The van der Waals surface area contributed by atoms with Crippen LogP contribution < -0.4 is 0 Å². The third-order valence-electron chi connectivity index (χ3n) is 2.51. The lowest BCUT2D eigenvalue weighted by Crippen LogP contribution is -2.13. The van der Waals surface area contributed by atoms with Crippen molar-refractivity contribution in [2.75, 3.05) is 0 Å². The molecule has 0 saturated carbocycles. The van der Waals surface area contributed by atoms with Gasteiger partial charge in [-0.3, -0.25) is 0 Å². The third kappa shape index (κ3) is 2.81. The molecule has 1 aromatic heterocycles. The molecule has 0 aliphatic carbocycles. The number of rotatable bonds is 3. The first kappa shape index (κ1) is 12.7. The highest BCUT2D eigenvalue weighted by Crippen LogP contribution is 2.38. The Labute approximate surface area is 106 Å². The standard InChI is InChI=1S/C10H14Br2OS/c1-5(2)6(3)9(13)8-4-7(11)10(12)14-8/h4-6,9,13H,1-3H3. The Morgan fingerprint density at radius 1 is 1.29 bits per heavy atom. The van der Waals surface area contributed by atoms with Crippen molar-refractivity contribution in [2.45, 2.75) is 26.9 Å². The molecule has 1 N–H and O–H groups in total. The average Bonchev–Trinajstić information content (AvgIpc) is 2.44. The van der Waals surface area contributed by atoms with E-state index < -0.39 is 0 Å². The predicted octanol–water partition coefficient (Wildman–Crippen LogP) is 4.60. The maximum absolute atomic E-state index is 10.1. The molecule has 0 fully saturated rings. The second-order valence-corrected chi connectivity index (χ2v) is 7.07. The molecule has 0 radical (unpaired) electrons. The molecule has 0 aromatic carbocycles. The van der Waals surface area contributed by atoms with Gasteiger partial charge in [-0.1, -0.05) is 20.8 Å². The van der Waals surface area contributed by atoms with Gasteiger partial charge in [0.1, 0.15) is 0 Å². The van der Waals surface area contributed by atoms with Crippen LogP contribution in [0.1, 0.15) is 31.8 Å². The van der Waals surface area contributed by atoms with Gasteiger partial charge in [0, 0.05) is 9.35 Å². The van der Waals surface area contributed by atoms with E-state index in [2.05, 4.69) is 52.6 Å². The van der Waals surface area contributed by atoms with E-state index in [9.17, 15) is 5.11 Å². The highest BCUT2D eigenvalue weighted by molar-refractivity contribution is 9.13. The minimum atomic E-state index is -0.359. The summed E-state index contributed by atoms with van der Waals surface area (Å²) in [6.45, 7) is 6.34. The lowest BCUT2D eigenvalue weighted by molar-refractivity contribution is 0.0953. The SMILES string of the molecule is CC(C)C(C)C(O)c1cc(Br)c(Br)s1. The van der Waals surface area contributed by atoms with Crippen molar-refractivity contribution < 1.29 is 5.11 Å². The van der Waals surface area contributed by atoms with Crippen molar-refractivity contribution >= 4 is 43.2 Å². The second-order valence-electron chi connectivity index (χ2n) is 3.82. The summed E-state index contributed by atoms with van der Waals surface area (Å²) in [6, 6.07) is 1.98. The molecule has 0 spiro atoms. The van der Waals surface area contributed by atoms with Gasteiger partial charge in [0.05, 0.1) is 9.89 Å². The minimum Gasteiger partial charge on any atom is -0.387 e. The van der Waals surface area contributed by atoms with Crippen molar-refractivity contribution in [3.8, 4) is 0 Å². The van der Waals surface area contributed by atoms with E-state index in [0.29, 0.717) is 5.92 Å². The van der Waals surface area contributed by atoms with Crippen LogP contribution in [0, 0.1) is 11.8 Å². The number of aliphatic hydroxyl groups excluding tert-OH is 1. The van der Waals surface area contributed by atoms with Crippen LogP contribution in [-0.2, 0) is 0 Å². The normalized spacial score (nSPS) is 15.9. The van der Waals surface area contributed by atoms with Gasteiger partial charge in [-0.2, -0.15) is 0 Å². The molecule has 0 aliphatic heterocycles. The molecular weight excluding hydrogens is 328 g/mol. The lowest BCUT2D eigenvalue weighted by atomic mass is 9.91. The Kier molecular flexibility index (Phi) is 4.62. The number of halogens is 2. The Morgan fingerprint density at radius 3 is 2.21 bits per heavy atom. The first-order chi connectivity index (χ1) is 6.43. The van der Waals surface area contributed by atoms with Crippen molar-refractivity contribution in [1.29, 1.82) is 0 Å². The van der Waals surface area contributed by atoms with Crippen LogP contribution in [0.2, 0.25) is 0 Å².